The quantitative estimate of drug-likeness (QED) is 0.886. The summed E-state index contributed by atoms with van der Waals surface area (Å²) in [7, 11) is 1.34. The normalized spacial score (nSPS) is 9.83. The predicted molar refractivity (Wildman–Crippen MR) is 74.1 cm³/mol. The molecule has 0 bridgehead atoms. The van der Waals surface area contributed by atoms with E-state index < -0.39 is 6.09 Å². The molecule has 5 heteroatoms. The van der Waals surface area contributed by atoms with E-state index in [2.05, 4.69) is 26.8 Å². The molecule has 0 unspecified atom stereocenters. The van der Waals surface area contributed by atoms with Crippen LogP contribution in [0, 0.1) is 0 Å². The standard InChI is InChI=1S/C13H14N2O2S/c1-17-13(16)15-11-6-4-10(5-7-11)14-9-12-3-2-8-18-12/h2-8,14H,9H2,1H3,(H,15,16). The topological polar surface area (TPSA) is 50.4 Å². The van der Waals surface area contributed by atoms with Gasteiger partial charge in [0, 0.05) is 22.8 Å². The number of methoxy groups -OCH3 is 1. The number of amides is 1. The van der Waals surface area contributed by atoms with Crippen LogP contribution in [0.3, 0.4) is 0 Å². The van der Waals surface area contributed by atoms with E-state index in [0.717, 1.165) is 12.2 Å². The van der Waals surface area contributed by atoms with Gasteiger partial charge in [-0.15, -0.1) is 11.3 Å². The SMILES string of the molecule is COC(=O)Nc1ccc(NCc2cccs2)cc1. The second-order valence-corrected chi connectivity index (χ2v) is 4.66. The molecule has 0 aliphatic heterocycles. The Hall–Kier alpha value is -2.01. The highest BCUT2D eigenvalue weighted by Gasteiger charge is 2.00. The predicted octanol–water partition coefficient (Wildman–Crippen LogP) is 3.54. The van der Waals surface area contributed by atoms with Crippen molar-refractivity contribution >= 4 is 28.8 Å². The molecule has 0 fully saturated rings. The number of benzene rings is 1. The third kappa shape index (κ3) is 3.49. The Morgan fingerprint density at radius 1 is 1.22 bits per heavy atom. The molecular formula is C13H14N2O2S. The largest absolute Gasteiger partial charge is 0.453 e. The van der Waals surface area contributed by atoms with Gasteiger partial charge in [0.05, 0.1) is 7.11 Å². The smallest absolute Gasteiger partial charge is 0.411 e. The highest BCUT2D eigenvalue weighted by atomic mass is 32.1. The van der Waals surface area contributed by atoms with E-state index in [1.54, 1.807) is 11.3 Å². The zero-order valence-corrected chi connectivity index (χ0v) is 10.8. The zero-order chi connectivity index (χ0) is 12.8. The molecule has 1 aromatic heterocycles. The van der Waals surface area contributed by atoms with Gasteiger partial charge in [-0.25, -0.2) is 4.79 Å². The Kier molecular flexibility index (Phi) is 4.20. The molecular weight excluding hydrogens is 248 g/mol. The average molecular weight is 262 g/mol. The Morgan fingerprint density at radius 2 is 1.94 bits per heavy atom. The van der Waals surface area contributed by atoms with Gasteiger partial charge in [-0.05, 0) is 35.7 Å². The Balaban J connectivity index is 1.89. The maximum Gasteiger partial charge on any atom is 0.411 e. The summed E-state index contributed by atoms with van der Waals surface area (Å²) in [6.45, 7) is 0.807. The first kappa shape index (κ1) is 12.4. The van der Waals surface area contributed by atoms with Gasteiger partial charge in [-0.2, -0.15) is 0 Å². The van der Waals surface area contributed by atoms with Gasteiger partial charge >= 0.3 is 6.09 Å². The van der Waals surface area contributed by atoms with E-state index in [4.69, 9.17) is 0 Å². The monoisotopic (exact) mass is 262 g/mol. The molecule has 94 valence electrons. The van der Waals surface area contributed by atoms with Crippen LogP contribution >= 0.6 is 11.3 Å². The minimum absolute atomic E-state index is 0.464. The van der Waals surface area contributed by atoms with Crippen LogP contribution in [-0.2, 0) is 11.3 Å². The molecule has 18 heavy (non-hydrogen) atoms. The lowest BCUT2D eigenvalue weighted by atomic mass is 10.3. The van der Waals surface area contributed by atoms with Crippen molar-refractivity contribution in [1.82, 2.24) is 0 Å². The van der Waals surface area contributed by atoms with Gasteiger partial charge in [0.1, 0.15) is 0 Å². The molecule has 4 nitrogen and oxygen atoms in total. The molecule has 2 rings (SSSR count). The number of carbonyl (C=O) groups excluding carboxylic acids is 1. The van der Waals surface area contributed by atoms with E-state index in [1.807, 2.05) is 30.3 Å². The van der Waals surface area contributed by atoms with E-state index in [1.165, 1.54) is 12.0 Å². The minimum Gasteiger partial charge on any atom is -0.453 e. The van der Waals surface area contributed by atoms with Crippen LogP contribution in [0.5, 0.6) is 0 Å². The molecule has 0 aliphatic rings. The molecule has 0 radical (unpaired) electrons. The summed E-state index contributed by atoms with van der Waals surface area (Å²) >= 11 is 1.72. The fourth-order valence-corrected chi connectivity index (χ4v) is 2.09. The van der Waals surface area contributed by atoms with Crippen molar-refractivity contribution in [3.63, 3.8) is 0 Å². The molecule has 2 N–H and O–H groups in total. The Bertz CT molecular complexity index is 494. The molecule has 0 atom stereocenters. The number of thiophene rings is 1. The van der Waals surface area contributed by atoms with Crippen LogP contribution in [0.15, 0.2) is 41.8 Å². The van der Waals surface area contributed by atoms with Crippen LogP contribution in [-0.4, -0.2) is 13.2 Å². The van der Waals surface area contributed by atoms with Crippen molar-refractivity contribution in [2.24, 2.45) is 0 Å². The Labute approximate surface area is 110 Å². The van der Waals surface area contributed by atoms with Gasteiger partial charge in [0.2, 0.25) is 0 Å². The maximum atomic E-state index is 11.0. The second kappa shape index (κ2) is 6.07. The lowest BCUT2D eigenvalue weighted by Crippen LogP contribution is -2.10. The summed E-state index contributed by atoms with van der Waals surface area (Å²) in [5, 5.41) is 7.97. The minimum atomic E-state index is -0.464. The summed E-state index contributed by atoms with van der Waals surface area (Å²) in [5.74, 6) is 0. The number of carbonyl (C=O) groups is 1. The van der Waals surface area contributed by atoms with Gasteiger partial charge in [0.25, 0.3) is 0 Å². The van der Waals surface area contributed by atoms with Crippen LogP contribution < -0.4 is 10.6 Å². The number of hydrogen-bond acceptors (Lipinski definition) is 4. The van der Waals surface area contributed by atoms with Crippen molar-refractivity contribution in [3.05, 3.63) is 46.7 Å². The first-order valence-electron chi connectivity index (χ1n) is 5.49. The van der Waals surface area contributed by atoms with Crippen LogP contribution in [0.2, 0.25) is 0 Å². The Morgan fingerprint density at radius 3 is 2.56 bits per heavy atom. The number of hydrogen-bond donors (Lipinski definition) is 2. The van der Waals surface area contributed by atoms with E-state index in [9.17, 15) is 4.79 Å². The van der Waals surface area contributed by atoms with E-state index >= 15 is 0 Å². The molecule has 2 aromatic rings. The van der Waals surface area contributed by atoms with Crippen molar-refractivity contribution < 1.29 is 9.53 Å². The maximum absolute atomic E-state index is 11.0. The molecule has 0 spiro atoms. The molecule has 0 saturated heterocycles. The van der Waals surface area contributed by atoms with Crippen molar-refractivity contribution in [3.8, 4) is 0 Å². The van der Waals surface area contributed by atoms with Gasteiger partial charge in [-0.3, -0.25) is 5.32 Å². The van der Waals surface area contributed by atoms with Gasteiger partial charge in [-0.1, -0.05) is 6.07 Å². The molecule has 0 saturated carbocycles. The third-order valence-electron chi connectivity index (χ3n) is 2.36. The first-order valence-corrected chi connectivity index (χ1v) is 6.37. The second-order valence-electron chi connectivity index (χ2n) is 3.63. The summed E-state index contributed by atoms with van der Waals surface area (Å²) in [5.41, 5.74) is 1.72. The number of anilines is 2. The summed E-state index contributed by atoms with van der Waals surface area (Å²) in [6.07, 6.45) is -0.464. The third-order valence-corrected chi connectivity index (χ3v) is 3.24. The first-order chi connectivity index (χ1) is 8.78. The molecule has 1 amide bonds. The fourth-order valence-electron chi connectivity index (χ4n) is 1.44. The lowest BCUT2D eigenvalue weighted by molar-refractivity contribution is 0.187. The number of rotatable bonds is 4. The molecule has 1 aromatic carbocycles. The van der Waals surface area contributed by atoms with Crippen LogP contribution in [0.4, 0.5) is 16.2 Å². The number of ether oxygens (including phenoxy) is 1. The van der Waals surface area contributed by atoms with E-state index in [-0.39, 0.29) is 0 Å². The highest BCUT2D eigenvalue weighted by molar-refractivity contribution is 7.09. The van der Waals surface area contributed by atoms with Crippen molar-refractivity contribution in [2.75, 3.05) is 17.7 Å². The van der Waals surface area contributed by atoms with Crippen LogP contribution in [0.25, 0.3) is 0 Å². The van der Waals surface area contributed by atoms with Crippen molar-refractivity contribution in [2.45, 2.75) is 6.54 Å². The molecule has 0 aliphatic carbocycles. The van der Waals surface area contributed by atoms with E-state index in [0.29, 0.717) is 5.69 Å². The fraction of sp³-hybridized carbons (Fsp3) is 0.154. The molecule has 1 heterocycles. The highest BCUT2D eigenvalue weighted by Crippen LogP contribution is 2.16. The summed E-state index contributed by atoms with van der Waals surface area (Å²) < 4.78 is 4.52. The van der Waals surface area contributed by atoms with Gasteiger partial charge < -0.3 is 10.1 Å². The summed E-state index contributed by atoms with van der Waals surface area (Å²) in [4.78, 5) is 12.3. The van der Waals surface area contributed by atoms with Crippen molar-refractivity contribution in [1.29, 1.82) is 0 Å². The average Bonchev–Trinajstić information content (AvgIpc) is 2.91. The zero-order valence-electron chi connectivity index (χ0n) is 9.97. The van der Waals surface area contributed by atoms with Crippen LogP contribution in [0.1, 0.15) is 4.88 Å². The van der Waals surface area contributed by atoms with Gasteiger partial charge in [0.15, 0.2) is 0 Å². The number of nitrogens with one attached hydrogen (secondary N) is 2. The lowest BCUT2D eigenvalue weighted by Gasteiger charge is -2.07. The summed E-state index contributed by atoms with van der Waals surface area (Å²) in [6, 6.07) is 11.6.